The van der Waals surface area contributed by atoms with Crippen LogP contribution >= 0.6 is 11.6 Å². The summed E-state index contributed by atoms with van der Waals surface area (Å²) in [6.45, 7) is 5.28. The number of hydrogen-bond acceptors (Lipinski definition) is 4. The Hall–Kier alpha value is -1.26. The Balaban J connectivity index is 2.76. The van der Waals surface area contributed by atoms with E-state index in [9.17, 15) is 9.90 Å². The van der Waals surface area contributed by atoms with Crippen LogP contribution < -0.4 is 4.74 Å². The summed E-state index contributed by atoms with van der Waals surface area (Å²) < 4.78 is 10.2. The van der Waals surface area contributed by atoms with Crippen molar-refractivity contribution in [3.63, 3.8) is 0 Å². The van der Waals surface area contributed by atoms with E-state index >= 15 is 0 Å². The van der Waals surface area contributed by atoms with E-state index in [-0.39, 0.29) is 0 Å². The summed E-state index contributed by atoms with van der Waals surface area (Å²) in [5, 5.41) is 9.76. The largest absolute Gasteiger partial charge is 0.477 e. The molecule has 5 heteroatoms. The molecular weight excluding hydrogens is 256 g/mol. The third kappa shape index (κ3) is 3.89. The van der Waals surface area contributed by atoms with Gasteiger partial charge in [0.05, 0.1) is 17.7 Å². The van der Waals surface area contributed by atoms with Crippen LogP contribution in [0.4, 0.5) is 0 Å². The zero-order valence-corrected chi connectivity index (χ0v) is 11.4. The molecule has 100 valence electrons. The molecule has 1 N–H and O–H groups in total. The van der Waals surface area contributed by atoms with Crippen molar-refractivity contribution < 1.29 is 19.4 Å². The average molecular weight is 273 g/mol. The third-order valence-corrected chi connectivity index (χ3v) is 2.66. The van der Waals surface area contributed by atoms with Gasteiger partial charge in [-0.1, -0.05) is 17.7 Å². The van der Waals surface area contributed by atoms with Gasteiger partial charge in [0.1, 0.15) is 5.75 Å². The lowest BCUT2D eigenvalue weighted by atomic mass is 10.1. The summed E-state index contributed by atoms with van der Waals surface area (Å²) in [4.78, 5) is 11.4. The predicted molar refractivity (Wildman–Crippen MR) is 68.8 cm³/mol. The number of carbonyl (C=O) groups is 1. The number of benzene rings is 1. The van der Waals surface area contributed by atoms with Gasteiger partial charge in [0.15, 0.2) is 6.10 Å². The van der Waals surface area contributed by atoms with Crippen molar-refractivity contribution in [2.75, 3.05) is 6.61 Å². The molecule has 1 unspecified atom stereocenters. The Labute approximate surface area is 111 Å². The first kappa shape index (κ1) is 14.8. The van der Waals surface area contributed by atoms with Crippen LogP contribution in [0.2, 0.25) is 5.02 Å². The maximum absolute atomic E-state index is 11.4. The van der Waals surface area contributed by atoms with Gasteiger partial charge in [-0.05, 0) is 38.5 Å². The van der Waals surface area contributed by atoms with Crippen LogP contribution in [0.25, 0.3) is 0 Å². The van der Waals surface area contributed by atoms with Crippen molar-refractivity contribution in [3.05, 3.63) is 28.8 Å². The standard InChI is InChI=1S/C13H17ClO4/c1-4-17-13(16)9(3)18-12-6-5-10(8(2)15)7-11(12)14/h5-9,15H,4H2,1-3H3/t8-,9?/m1/s1. The molecule has 0 aliphatic rings. The van der Waals surface area contributed by atoms with Gasteiger partial charge in [0.25, 0.3) is 0 Å². The second kappa shape index (κ2) is 6.61. The van der Waals surface area contributed by atoms with Gasteiger partial charge >= 0.3 is 5.97 Å². The topological polar surface area (TPSA) is 55.8 Å². The molecule has 0 fully saturated rings. The van der Waals surface area contributed by atoms with Gasteiger partial charge in [0.2, 0.25) is 0 Å². The fourth-order valence-electron chi connectivity index (χ4n) is 1.37. The third-order valence-electron chi connectivity index (χ3n) is 2.36. The molecule has 18 heavy (non-hydrogen) atoms. The zero-order chi connectivity index (χ0) is 13.7. The van der Waals surface area contributed by atoms with Gasteiger partial charge in [-0.25, -0.2) is 4.79 Å². The van der Waals surface area contributed by atoms with E-state index in [0.29, 0.717) is 22.9 Å². The molecule has 2 atom stereocenters. The number of carbonyl (C=O) groups excluding carboxylic acids is 1. The van der Waals surface area contributed by atoms with Crippen molar-refractivity contribution in [3.8, 4) is 5.75 Å². The maximum Gasteiger partial charge on any atom is 0.347 e. The lowest BCUT2D eigenvalue weighted by molar-refractivity contribution is -0.150. The van der Waals surface area contributed by atoms with Gasteiger partial charge in [-0.15, -0.1) is 0 Å². The fourth-order valence-corrected chi connectivity index (χ4v) is 1.60. The Morgan fingerprint density at radius 1 is 1.44 bits per heavy atom. The van der Waals surface area contributed by atoms with Crippen LogP contribution in [0.1, 0.15) is 32.4 Å². The quantitative estimate of drug-likeness (QED) is 0.838. The van der Waals surface area contributed by atoms with Gasteiger partial charge in [-0.2, -0.15) is 0 Å². The minimum absolute atomic E-state index is 0.307. The van der Waals surface area contributed by atoms with Crippen LogP contribution in [0.3, 0.4) is 0 Å². The molecule has 1 rings (SSSR count). The van der Waals surface area contributed by atoms with Crippen molar-refractivity contribution in [2.45, 2.75) is 33.0 Å². The first-order chi connectivity index (χ1) is 8.45. The lowest BCUT2D eigenvalue weighted by Crippen LogP contribution is -2.26. The van der Waals surface area contributed by atoms with Crippen molar-refractivity contribution in [2.24, 2.45) is 0 Å². The number of rotatable bonds is 5. The van der Waals surface area contributed by atoms with Gasteiger partial charge in [-0.3, -0.25) is 0 Å². The van der Waals surface area contributed by atoms with E-state index in [0.717, 1.165) is 0 Å². The highest BCUT2D eigenvalue weighted by atomic mass is 35.5. The highest BCUT2D eigenvalue weighted by Gasteiger charge is 2.17. The van der Waals surface area contributed by atoms with Crippen LogP contribution in [0, 0.1) is 0 Å². The Kier molecular flexibility index (Phi) is 5.44. The first-order valence-corrected chi connectivity index (χ1v) is 6.14. The van der Waals surface area contributed by atoms with Gasteiger partial charge < -0.3 is 14.6 Å². The second-order valence-electron chi connectivity index (χ2n) is 3.88. The minimum atomic E-state index is -0.722. The number of halogens is 1. The lowest BCUT2D eigenvalue weighted by Gasteiger charge is -2.15. The highest BCUT2D eigenvalue weighted by molar-refractivity contribution is 6.32. The zero-order valence-electron chi connectivity index (χ0n) is 10.6. The monoisotopic (exact) mass is 272 g/mol. The molecule has 1 aromatic carbocycles. The summed E-state index contributed by atoms with van der Waals surface area (Å²) >= 11 is 6.01. The second-order valence-corrected chi connectivity index (χ2v) is 4.29. The molecule has 0 heterocycles. The molecule has 0 saturated carbocycles. The molecule has 0 aliphatic heterocycles. The molecule has 0 saturated heterocycles. The Morgan fingerprint density at radius 3 is 2.61 bits per heavy atom. The number of aliphatic hydroxyl groups is 1. The maximum atomic E-state index is 11.4. The number of ether oxygens (including phenoxy) is 2. The summed E-state index contributed by atoms with van der Waals surface area (Å²) in [6.07, 6.45) is -1.32. The number of esters is 1. The van der Waals surface area contributed by atoms with Crippen molar-refractivity contribution in [1.29, 1.82) is 0 Å². The van der Waals surface area contributed by atoms with Crippen molar-refractivity contribution >= 4 is 17.6 Å². The Morgan fingerprint density at radius 2 is 2.11 bits per heavy atom. The van der Waals surface area contributed by atoms with Crippen LogP contribution in [-0.4, -0.2) is 23.8 Å². The van der Waals surface area contributed by atoms with Crippen LogP contribution in [0.15, 0.2) is 18.2 Å². The van der Waals surface area contributed by atoms with E-state index < -0.39 is 18.2 Å². The fraction of sp³-hybridized carbons (Fsp3) is 0.462. The van der Waals surface area contributed by atoms with Crippen molar-refractivity contribution in [1.82, 2.24) is 0 Å². The molecule has 0 spiro atoms. The van der Waals surface area contributed by atoms with E-state index in [1.54, 1.807) is 39.0 Å². The van der Waals surface area contributed by atoms with Crippen LogP contribution in [-0.2, 0) is 9.53 Å². The first-order valence-electron chi connectivity index (χ1n) is 5.76. The summed E-state index contributed by atoms with van der Waals surface area (Å²) in [6, 6.07) is 4.93. The number of hydrogen-bond donors (Lipinski definition) is 1. The normalized spacial score (nSPS) is 13.8. The van der Waals surface area contributed by atoms with Crippen LogP contribution in [0.5, 0.6) is 5.75 Å². The van der Waals surface area contributed by atoms with E-state index in [1.807, 2.05) is 0 Å². The summed E-state index contributed by atoms with van der Waals surface area (Å²) in [5.74, 6) is -0.0465. The highest BCUT2D eigenvalue weighted by Crippen LogP contribution is 2.28. The molecule has 4 nitrogen and oxygen atoms in total. The molecule has 0 aromatic heterocycles. The van der Waals surface area contributed by atoms with E-state index in [4.69, 9.17) is 21.1 Å². The molecule has 0 bridgehead atoms. The molecule has 1 aromatic rings. The van der Waals surface area contributed by atoms with E-state index in [2.05, 4.69) is 0 Å². The summed E-state index contributed by atoms with van der Waals surface area (Å²) in [5.41, 5.74) is 0.691. The number of aliphatic hydroxyl groups excluding tert-OH is 1. The molecular formula is C13H17ClO4. The molecule has 0 aliphatic carbocycles. The molecule has 0 amide bonds. The summed E-state index contributed by atoms with van der Waals surface area (Å²) in [7, 11) is 0. The Bertz CT molecular complexity index is 417. The average Bonchev–Trinajstić information content (AvgIpc) is 2.31. The van der Waals surface area contributed by atoms with Gasteiger partial charge in [0, 0.05) is 0 Å². The SMILES string of the molecule is CCOC(=O)C(C)Oc1ccc([C@@H](C)O)cc1Cl. The predicted octanol–water partition coefficient (Wildman–Crippen LogP) is 2.72. The van der Waals surface area contributed by atoms with E-state index in [1.165, 1.54) is 0 Å². The smallest absolute Gasteiger partial charge is 0.347 e. The molecule has 0 radical (unpaired) electrons. The minimum Gasteiger partial charge on any atom is -0.477 e.